The third-order valence-electron chi connectivity index (χ3n) is 3.77. The summed E-state index contributed by atoms with van der Waals surface area (Å²) in [6.45, 7) is 7.51. The van der Waals surface area contributed by atoms with Crippen LogP contribution in [0.4, 0.5) is 0 Å². The number of piperazine rings is 1. The lowest BCUT2D eigenvalue weighted by atomic mass is 10.1. The largest absolute Gasteiger partial charge is 0.493 e. The maximum absolute atomic E-state index is 5.56. The van der Waals surface area contributed by atoms with Crippen molar-refractivity contribution in [1.29, 1.82) is 0 Å². The molecule has 1 aromatic carbocycles. The molecule has 0 aromatic heterocycles. The average molecular weight is 343 g/mol. The average Bonchev–Trinajstić information content (AvgIpc) is 2.49. The first-order chi connectivity index (χ1) is 9.67. The van der Waals surface area contributed by atoms with Gasteiger partial charge in [0.2, 0.25) is 0 Å². The van der Waals surface area contributed by atoms with Crippen molar-refractivity contribution in [1.82, 2.24) is 10.2 Å². The van der Waals surface area contributed by atoms with Crippen molar-refractivity contribution >= 4 is 15.9 Å². The second-order valence-corrected chi connectivity index (χ2v) is 5.86. The van der Waals surface area contributed by atoms with Crippen LogP contribution in [-0.2, 0) is 6.42 Å². The van der Waals surface area contributed by atoms with Gasteiger partial charge in [-0.1, -0.05) is 15.9 Å². The van der Waals surface area contributed by atoms with Crippen LogP contribution in [-0.4, -0.2) is 51.8 Å². The van der Waals surface area contributed by atoms with Gasteiger partial charge >= 0.3 is 0 Å². The lowest BCUT2D eigenvalue weighted by Crippen LogP contribution is -2.44. The van der Waals surface area contributed by atoms with Gasteiger partial charge in [0, 0.05) is 42.8 Å². The van der Waals surface area contributed by atoms with E-state index < -0.39 is 0 Å². The van der Waals surface area contributed by atoms with Gasteiger partial charge in [-0.2, -0.15) is 0 Å². The molecule has 0 unspecified atom stereocenters. The zero-order chi connectivity index (χ0) is 14.5. The highest BCUT2D eigenvalue weighted by Gasteiger charge is 2.18. The minimum atomic E-state index is 0.809. The van der Waals surface area contributed by atoms with Crippen LogP contribution in [0.25, 0.3) is 0 Å². The van der Waals surface area contributed by atoms with Crippen molar-refractivity contribution in [3.63, 3.8) is 0 Å². The monoisotopic (exact) mass is 342 g/mol. The number of rotatable bonds is 5. The Hall–Kier alpha value is -0.780. The quantitative estimate of drug-likeness (QED) is 0.889. The Morgan fingerprint density at radius 3 is 2.55 bits per heavy atom. The van der Waals surface area contributed by atoms with Crippen molar-refractivity contribution < 1.29 is 9.47 Å². The Labute approximate surface area is 129 Å². The summed E-state index contributed by atoms with van der Waals surface area (Å²) < 4.78 is 12.1. The summed E-state index contributed by atoms with van der Waals surface area (Å²) in [6, 6.07) is 2.01. The summed E-state index contributed by atoms with van der Waals surface area (Å²) in [6.07, 6.45) is 0.960. The molecule has 1 N–H and O–H groups in total. The second kappa shape index (κ2) is 7.29. The van der Waals surface area contributed by atoms with Crippen LogP contribution in [0.2, 0.25) is 0 Å². The Bertz CT molecular complexity index is 460. The van der Waals surface area contributed by atoms with Gasteiger partial charge < -0.3 is 19.7 Å². The van der Waals surface area contributed by atoms with Crippen molar-refractivity contribution in [3.05, 3.63) is 21.7 Å². The molecule has 1 fully saturated rings. The molecule has 0 amide bonds. The lowest BCUT2D eigenvalue weighted by molar-refractivity contribution is 0.242. The van der Waals surface area contributed by atoms with E-state index in [1.807, 2.05) is 6.07 Å². The van der Waals surface area contributed by atoms with Crippen molar-refractivity contribution in [2.75, 3.05) is 46.9 Å². The minimum absolute atomic E-state index is 0.809. The van der Waals surface area contributed by atoms with Gasteiger partial charge in [-0.05, 0) is 25.0 Å². The smallest absolute Gasteiger partial charge is 0.165 e. The molecular formula is C15H23BrN2O2. The first kappa shape index (κ1) is 15.6. The van der Waals surface area contributed by atoms with Gasteiger partial charge in [0.15, 0.2) is 11.5 Å². The van der Waals surface area contributed by atoms with Crippen LogP contribution in [0.3, 0.4) is 0 Å². The van der Waals surface area contributed by atoms with Gasteiger partial charge in [-0.15, -0.1) is 0 Å². The summed E-state index contributed by atoms with van der Waals surface area (Å²) in [5, 5.41) is 3.38. The fraction of sp³-hybridized carbons (Fsp3) is 0.600. The summed E-state index contributed by atoms with van der Waals surface area (Å²) in [7, 11) is 3.39. The first-order valence-corrected chi connectivity index (χ1v) is 7.79. The Morgan fingerprint density at radius 1 is 1.25 bits per heavy atom. The van der Waals surface area contributed by atoms with Gasteiger partial charge in [-0.3, -0.25) is 0 Å². The molecule has 0 spiro atoms. The lowest BCUT2D eigenvalue weighted by Gasteiger charge is -2.27. The maximum Gasteiger partial charge on any atom is 0.165 e. The topological polar surface area (TPSA) is 33.7 Å². The first-order valence-electron chi connectivity index (χ1n) is 7.00. The van der Waals surface area contributed by atoms with Crippen molar-refractivity contribution in [2.45, 2.75) is 13.3 Å². The molecule has 0 aliphatic carbocycles. The molecule has 5 heteroatoms. The SMILES string of the molecule is COc1cc(C)c(Br)c(CCN2CCNCC2)c1OC. The zero-order valence-corrected chi connectivity index (χ0v) is 14.0. The third-order valence-corrected chi connectivity index (χ3v) is 4.87. The highest BCUT2D eigenvalue weighted by atomic mass is 79.9. The normalized spacial score (nSPS) is 16.2. The summed E-state index contributed by atoms with van der Waals surface area (Å²) in [5.41, 5.74) is 2.38. The molecule has 0 atom stereocenters. The molecule has 20 heavy (non-hydrogen) atoms. The van der Waals surface area contributed by atoms with E-state index in [4.69, 9.17) is 9.47 Å². The summed E-state index contributed by atoms with van der Waals surface area (Å²) in [4.78, 5) is 2.48. The number of benzene rings is 1. The van der Waals surface area contributed by atoms with Gasteiger partial charge in [0.1, 0.15) is 0 Å². The molecule has 0 saturated carbocycles. The number of methoxy groups -OCH3 is 2. The highest BCUT2D eigenvalue weighted by molar-refractivity contribution is 9.10. The molecule has 0 bridgehead atoms. The van der Waals surface area contributed by atoms with E-state index in [2.05, 4.69) is 33.1 Å². The van der Waals surface area contributed by atoms with Crippen LogP contribution >= 0.6 is 15.9 Å². The number of hydrogen-bond acceptors (Lipinski definition) is 4. The summed E-state index contributed by atoms with van der Waals surface area (Å²) in [5.74, 6) is 1.66. The van der Waals surface area contributed by atoms with Crippen molar-refractivity contribution in [2.24, 2.45) is 0 Å². The van der Waals surface area contributed by atoms with Crippen LogP contribution < -0.4 is 14.8 Å². The predicted molar refractivity (Wildman–Crippen MR) is 85.0 cm³/mol. The Morgan fingerprint density at radius 2 is 1.95 bits per heavy atom. The molecule has 1 aromatic rings. The molecule has 4 nitrogen and oxygen atoms in total. The van der Waals surface area contributed by atoms with E-state index in [1.165, 1.54) is 11.1 Å². The number of aryl methyl sites for hydroxylation is 1. The predicted octanol–water partition coefficient (Wildman–Crippen LogP) is 2.22. The van der Waals surface area contributed by atoms with Crippen molar-refractivity contribution in [3.8, 4) is 11.5 Å². The van der Waals surface area contributed by atoms with Gasteiger partial charge in [0.25, 0.3) is 0 Å². The Kier molecular flexibility index (Phi) is 5.69. The van der Waals surface area contributed by atoms with E-state index >= 15 is 0 Å². The molecule has 2 rings (SSSR count). The maximum atomic E-state index is 5.56. The molecule has 1 aliphatic heterocycles. The van der Waals surface area contributed by atoms with E-state index in [0.717, 1.165) is 55.1 Å². The van der Waals surface area contributed by atoms with Crippen LogP contribution in [0.5, 0.6) is 11.5 Å². The third kappa shape index (κ3) is 3.45. The van der Waals surface area contributed by atoms with Crippen LogP contribution in [0.15, 0.2) is 10.5 Å². The van der Waals surface area contributed by atoms with Crippen LogP contribution in [0.1, 0.15) is 11.1 Å². The molecule has 0 radical (unpaired) electrons. The number of hydrogen-bond donors (Lipinski definition) is 1. The fourth-order valence-corrected chi connectivity index (χ4v) is 3.11. The van der Waals surface area contributed by atoms with E-state index in [9.17, 15) is 0 Å². The number of halogens is 1. The molecule has 112 valence electrons. The summed E-state index contributed by atoms with van der Waals surface area (Å²) >= 11 is 3.69. The Balaban J connectivity index is 2.18. The molecule has 1 aliphatic rings. The number of nitrogens with one attached hydrogen (secondary N) is 1. The minimum Gasteiger partial charge on any atom is -0.493 e. The molecular weight excluding hydrogens is 320 g/mol. The molecule has 1 heterocycles. The fourth-order valence-electron chi connectivity index (χ4n) is 2.62. The van der Waals surface area contributed by atoms with Crippen LogP contribution in [0, 0.1) is 6.92 Å². The number of ether oxygens (including phenoxy) is 2. The van der Waals surface area contributed by atoms with E-state index in [0.29, 0.717) is 0 Å². The second-order valence-electron chi connectivity index (χ2n) is 5.06. The highest BCUT2D eigenvalue weighted by Crippen LogP contribution is 2.38. The standard InChI is InChI=1S/C15H23BrN2O2/c1-11-10-13(19-2)15(20-3)12(14(11)16)4-7-18-8-5-17-6-9-18/h10,17H,4-9H2,1-3H3. The molecule has 1 saturated heterocycles. The van der Waals surface area contributed by atoms with E-state index in [-0.39, 0.29) is 0 Å². The van der Waals surface area contributed by atoms with Gasteiger partial charge in [0.05, 0.1) is 14.2 Å². The number of nitrogens with zero attached hydrogens (tertiary/aromatic N) is 1. The van der Waals surface area contributed by atoms with Gasteiger partial charge in [-0.25, -0.2) is 0 Å². The van der Waals surface area contributed by atoms with E-state index in [1.54, 1.807) is 14.2 Å². The zero-order valence-electron chi connectivity index (χ0n) is 12.5.